The molecule has 1 heterocycles. The van der Waals surface area contributed by atoms with Gasteiger partial charge in [0.2, 0.25) is 5.91 Å². The Morgan fingerprint density at radius 1 is 1.17 bits per heavy atom. The number of aromatic nitrogens is 2. The number of anilines is 1. The molecule has 1 atom stereocenters. The van der Waals surface area contributed by atoms with Gasteiger partial charge in [0.05, 0.1) is 21.8 Å². The highest BCUT2D eigenvalue weighted by Crippen LogP contribution is 2.22. The number of carbonyl (C=O) groups is 1. The molecule has 1 amide bonds. The third-order valence-corrected chi connectivity index (χ3v) is 4.51. The topological polar surface area (TPSA) is 90.0 Å². The second-order valence-corrected chi connectivity index (χ2v) is 6.50. The molecule has 122 valence electrons. The van der Waals surface area contributed by atoms with E-state index in [-0.39, 0.29) is 5.56 Å². The number of para-hydroxylation sites is 2. The fourth-order valence-corrected chi connectivity index (χ4v) is 2.97. The van der Waals surface area contributed by atoms with Crippen LogP contribution in [0.15, 0.2) is 64.5 Å². The van der Waals surface area contributed by atoms with E-state index in [2.05, 4.69) is 10.4 Å². The standard InChI is InChI=1S/C17H16N4O2S/c1-11(15(18)22)24-17-19-14-10-6-5-9-13(14)16(23)21(17)20-12-7-3-2-4-8-12/h2-11,20H,1H3,(H2,18,22)/t11-/m0/s1. The monoisotopic (exact) mass is 340 g/mol. The Kier molecular flexibility index (Phi) is 4.52. The van der Waals surface area contributed by atoms with Crippen molar-refractivity contribution in [3.05, 3.63) is 65.0 Å². The summed E-state index contributed by atoms with van der Waals surface area (Å²) >= 11 is 1.14. The van der Waals surface area contributed by atoms with Gasteiger partial charge in [0.15, 0.2) is 5.16 Å². The predicted molar refractivity (Wildman–Crippen MR) is 96.0 cm³/mol. The Morgan fingerprint density at radius 2 is 1.83 bits per heavy atom. The molecule has 0 aliphatic carbocycles. The van der Waals surface area contributed by atoms with Crippen molar-refractivity contribution in [3.8, 4) is 0 Å². The van der Waals surface area contributed by atoms with E-state index >= 15 is 0 Å². The number of nitrogens with zero attached hydrogens (tertiary/aromatic N) is 2. The maximum absolute atomic E-state index is 12.8. The SMILES string of the molecule is C[C@H](Sc1nc2ccccc2c(=O)n1Nc1ccccc1)C(N)=O. The van der Waals surface area contributed by atoms with Gasteiger partial charge in [-0.15, -0.1) is 0 Å². The normalized spacial score (nSPS) is 12.0. The molecule has 0 aliphatic rings. The first-order chi connectivity index (χ1) is 11.6. The van der Waals surface area contributed by atoms with Crippen LogP contribution < -0.4 is 16.7 Å². The van der Waals surface area contributed by atoms with E-state index in [1.165, 1.54) is 4.68 Å². The molecule has 0 spiro atoms. The molecule has 0 saturated carbocycles. The quantitative estimate of drug-likeness (QED) is 0.549. The van der Waals surface area contributed by atoms with Crippen LogP contribution in [-0.4, -0.2) is 20.8 Å². The van der Waals surface area contributed by atoms with Gasteiger partial charge in [0, 0.05) is 0 Å². The summed E-state index contributed by atoms with van der Waals surface area (Å²) in [7, 11) is 0. The zero-order valence-corrected chi connectivity index (χ0v) is 13.8. The van der Waals surface area contributed by atoms with Crippen molar-refractivity contribution in [1.82, 2.24) is 9.66 Å². The van der Waals surface area contributed by atoms with Gasteiger partial charge in [-0.25, -0.2) is 4.98 Å². The van der Waals surface area contributed by atoms with Crippen molar-refractivity contribution in [2.45, 2.75) is 17.3 Å². The van der Waals surface area contributed by atoms with Gasteiger partial charge in [-0.3, -0.25) is 15.0 Å². The molecule has 0 fully saturated rings. The number of amides is 1. The van der Waals surface area contributed by atoms with Crippen molar-refractivity contribution >= 4 is 34.3 Å². The van der Waals surface area contributed by atoms with Gasteiger partial charge in [-0.2, -0.15) is 4.68 Å². The third kappa shape index (κ3) is 3.26. The van der Waals surface area contributed by atoms with Crippen molar-refractivity contribution < 1.29 is 4.79 Å². The van der Waals surface area contributed by atoms with E-state index in [1.807, 2.05) is 36.4 Å². The first-order valence-corrected chi connectivity index (χ1v) is 8.24. The number of primary amides is 1. The Morgan fingerprint density at radius 3 is 2.54 bits per heavy atom. The Balaban J connectivity index is 2.14. The average molecular weight is 340 g/mol. The highest BCUT2D eigenvalue weighted by molar-refractivity contribution is 8.00. The molecular formula is C17H16N4O2S. The molecule has 3 aromatic rings. The largest absolute Gasteiger partial charge is 0.369 e. The van der Waals surface area contributed by atoms with Crippen LogP contribution in [0.3, 0.4) is 0 Å². The van der Waals surface area contributed by atoms with Crippen LogP contribution >= 0.6 is 11.8 Å². The number of carbonyl (C=O) groups excluding carboxylic acids is 1. The molecule has 3 N–H and O–H groups in total. The van der Waals surface area contributed by atoms with E-state index in [0.29, 0.717) is 16.1 Å². The van der Waals surface area contributed by atoms with Crippen molar-refractivity contribution in [2.24, 2.45) is 5.73 Å². The van der Waals surface area contributed by atoms with Gasteiger partial charge in [-0.05, 0) is 31.2 Å². The van der Waals surface area contributed by atoms with Gasteiger partial charge < -0.3 is 5.73 Å². The van der Waals surface area contributed by atoms with Crippen molar-refractivity contribution in [1.29, 1.82) is 0 Å². The summed E-state index contributed by atoms with van der Waals surface area (Å²) in [4.78, 5) is 28.7. The maximum atomic E-state index is 12.8. The molecule has 2 aromatic carbocycles. The van der Waals surface area contributed by atoms with Crippen LogP contribution in [0.25, 0.3) is 10.9 Å². The van der Waals surface area contributed by atoms with Crippen LogP contribution in [0.5, 0.6) is 0 Å². The molecule has 0 bridgehead atoms. The summed E-state index contributed by atoms with van der Waals surface area (Å²) in [5.74, 6) is -0.464. The minimum Gasteiger partial charge on any atom is -0.369 e. The number of hydrogen-bond acceptors (Lipinski definition) is 5. The Bertz CT molecular complexity index is 940. The van der Waals surface area contributed by atoms with Gasteiger partial charge in [-0.1, -0.05) is 42.1 Å². The number of fused-ring (bicyclic) bond motifs is 1. The Hall–Kier alpha value is -2.80. The number of rotatable bonds is 5. The molecule has 0 unspecified atom stereocenters. The predicted octanol–water partition coefficient (Wildman–Crippen LogP) is 2.24. The zero-order chi connectivity index (χ0) is 17.1. The summed E-state index contributed by atoms with van der Waals surface area (Å²) < 4.78 is 1.35. The van der Waals surface area contributed by atoms with Crippen molar-refractivity contribution in [2.75, 3.05) is 5.43 Å². The molecule has 0 saturated heterocycles. The first kappa shape index (κ1) is 16.1. The summed E-state index contributed by atoms with van der Waals surface area (Å²) in [6.45, 7) is 1.68. The number of nitrogens with two attached hydrogens (primary N) is 1. The van der Waals surface area contributed by atoms with Gasteiger partial charge in [0.25, 0.3) is 5.56 Å². The second-order valence-electron chi connectivity index (χ2n) is 5.19. The highest BCUT2D eigenvalue weighted by Gasteiger charge is 2.17. The first-order valence-electron chi connectivity index (χ1n) is 7.36. The van der Waals surface area contributed by atoms with E-state index in [4.69, 9.17) is 5.73 Å². The van der Waals surface area contributed by atoms with E-state index in [9.17, 15) is 9.59 Å². The summed E-state index contributed by atoms with van der Waals surface area (Å²) in [5, 5.41) is 0.368. The fraction of sp³-hybridized carbons (Fsp3) is 0.118. The van der Waals surface area contributed by atoms with Crippen LogP contribution in [-0.2, 0) is 4.79 Å². The fourth-order valence-electron chi connectivity index (χ4n) is 2.15. The molecule has 7 heteroatoms. The van der Waals surface area contributed by atoms with Crippen LogP contribution in [0, 0.1) is 0 Å². The highest BCUT2D eigenvalue weighted by atomic mass is 32.2. The maximum Gasteiger partial charge on any atom is 0.280 e. The molecule has 3 rings (SSSR count). The lowest BCUT2D eigenvalue weighted by atomic mass is 10.2. The van der Waals surface area contributed by atoms with Gasteiger partial charge in [0.1, 0.15) is 0 Å². The third-order valence-electron chi connectivity index (χ3n) is 3.44. The molecule has 24 heavy (non-hydrogen) atoms. The van der Waals surface area contributed by atoms with E-state index in [0.717, 1.165) is 17.4 Å². The lowest BCUT2D eigenvalue weighted by Crippen LogP contribution is -2.31. The number of hydrogen-bond donors (Lipinski definition) is 2. The number of thioether (sulfide) groups is 1. The average Bonchev–Trinajstić information content (AvgIpc) is 2.59. The summed E-state index contributed by atoms with van der Waals surface area (Å²) in [6, 6.07) is 16.4. The minimum absolute atomic E-state index is 0.233. The second kappa shape index (κ2) is 6.76. The van der Waals surface area contributed by atoms with E-state index in [1.54, 1.807) is 25.1 Å². The number of benzene rings is 2. The lowest BCUT2D eigenvalue weighted by Gasteiger charge is -2.16. The van der Waals surface area contributed by atoms with Crippen molar-refractivity contribution in [3.63, 3.8) is 0 Å². The molecule has 6 nitrogen and oxygen atoms in total. The number of nitrogens with one attached hydrogen (secondary N) is 1. The van der Waals surface area contributed by atoms with Gasteiger partial charge >= 0.3 is 0 Å². The minimum atomic E-state index is -0.512. The van der Waals surface area contributed by atoms with E-state index < -0.39 is 11.2 Å². The Labute approximate surface area is 142 Å². The molecule has 1 aromatic heterocycles. The van der Waals surface area contributed by atoms with Crippen LogP contribution in [0.1, 0.15) is 6.92 Å². The summed E-state index contributed by atoms with van der Waals surface area (Å²) in [5.41, 5.74) is 9.47. The van der Waals surface area contributed by atoms with Crippen LogP contribution in [0.4, 0.5) is 5.69 Å². The molecular weight excluding hydrogens is 324 g/mol. The molecule has 0 aliphatic heterocycles. The molecule has 0 radical (unpaired) electrons. The zero-order valence-electron chi connectivity index (χ0n) is 13.0. The smallest absolute Gasteiger partial charge is 0.280 e. The summed E-state index contributed by atoms with van der Waals surface area (Å²) in [6.07, 6.45) is 0. The lowest BCUT2D eigenvalue weighted by molar-refractivity contribution is -0.117. The van der Waals surface area contributed by atoms with Crippen LogP contribution in [0.2, 0.25) is 0 Å².